The zero-order valence-electron chi connectivity index (χ0n) is 17.3. The Balaban J connectivity index is 1.85. The molecule has 0 spiro atoms. The third-order valence-electron chi connectivity index (χ3n) is 4.62. The highest BCUT2D eigenvalue weighted by molar-refractivity contribution is 7.80. The summed E-state index contributed by atoms with van der Waals surface area (Å²) in [4.78, 5) is 27.0. The van der Waals surface area contributed by atoms with Crippen LogP contribution in [0.15, 0.2) is 48.2 Å². The molecule has 0 radical (unpaired) electrons. The number of carbonyl (C=O) groups excluding carboxylic acids is 2. The predicted octanol–water partition coefficient (Wildman–Crippen LogP) is 2.99. The molecule has 1 aliphatic heterocycles. The summed E-state index contributed by atoms with van der Waals surface area (Å²) in [6.07, 6.45) is 1.61. The molecule has 0 N–H and O–H groups in total. The Kier molecular flexibility index (Phi) is 6.86. The fourth-order valence-electron chi connectivity index (χ4n) is 2.98. The molecule has 0 unspecified atom stereocenters. The number of halogens is 1. The maximum atomic E-state index is 13.3. The first-order valence-electron chi connectivity index (χ1n) is 9.27. The fraction of sp³-hybridized carbons (Fsp3) is 0.227. The van der Waals surface area contributed by atoms with Gasteiger partial charge in [0.1, 0.15) is 24.7 Å². The van der Waals surface area contributed by atoms with E-state index in [2.05, 4.69) is 0 Å². The van der Waals surface area contributed by atoms with Gasteiger partial charge in [0, 0.05) is 7.05 Å². The maximum Gasteiger partial charge on any atom is 0.325 e. The lowest BCUT2D eigenvalue weighted by Crippen LogP contribution is -2.33. The lowest BCUT2D eigenvalue weighted by molar-refractivity contribution is -0.140. The van der Waals surface area contributed by atoms with Crippen molar-refractivity contribution in [3.63, 3.8) is 0 Å². The van der Waals surface area contributed by atoms with Crippen LogP contribution in [0.2, 0.25) is 0 Å². The summed E-state index contributed by atoms with van der Waals surface area (Å²) < 4.78 is 29.2. The van der Waals surface area contributed by atoms with Crippen LogP contribution in [0.5, 0.6) is 11.5 Å². The van der Waals surface area contributed by atoms with Crippen molar-refractivity contribution in [3.8, 4) is 11.5 Å². The number of nitrogens with zero attached hydrogens (tertiary/aromatic N) is 2. The van der Waals surface area contributed by atoms with Gasteiger partial charge in [-0.3, -0.25) is 14.5 Å². The highest BCUT2D eigenvalue weighted by Gasteiger charge is 2.36. The van der Waals surface area contributed by atoms with Crippen molar-refractivity contribution in [2.45, 2.75) is 6.61 Å². The number of amides is 1. The zero-order chi connectivity index (χ0) is 22.5. The molecule has 1 heterocycles. The third-order valence-corrected chi connectivity index (χ3v) is 5.12. The van der Waals surface area contributed by atoms with Crippen molar-refractivity contribution in [2.24, 2.45) is 0 Å². The van der Waals surface area contributed by atoms with Gasteiger partial charge in [-0.15, -0.1) is 0 Å². The molecule has 1 amide bonds. The summed E-state index contributed by atoms with van der Waals surface area (Å²) in [6, 6.07) is 11.3. The normalized spacial score (nSPS) is 14.9. The van der Waals surface area contributed by atoms with Crippen LogP contribution >= 0.6 is 12.2 Å². The first kappa shape index (κ1) is 22.2. The molecule has 0 bridgehead atoms. The number of ether oxygens (including phenoxy) is 3. The SMILES string of the molecule is COC(=O)CN1C(=S)N(C)C(=O)/C1=C/c1ccc(OCc2cccc(F)c2)c(OC)c1. The Labute approximate surface area is 184 Å². The van der Waals surface area contributed by atoms with Crippen LogP contribution in [-0.2, 0) is 20.9 Å². The van der Waals surface area contributed by atoms with Crippen LogP contribution in [0, 0.1) is 5.82 Å². The predicted molar refractivity (Wildman–Crippen MR) is 116 cm³/mol. The number of benzene rings is 2. The van der Waals surface area contributed by atoms with E-state index in [4.69, 9.17) is 26.4 Å². The molecule has 7 nitrogen and oxygen atoms in total. The van der Waals surface area contributed by atoms with Gasteiger partial charge in [0.25, 0.3) is 5.91 Å². The van der Waals surface area contributed by atoms with Crippen LogP contribution < -0.4 is 9.47 Å². The Morgan fingerprint density at radius 2 is 1.94 bits per heavy atom. The lowest BCUT2D eigenvalue weighted by atomic mass is 10.1. The smallest absolute Gasteiger partial charge is 0.325 e. The topological polar surface area (TPSA) is 68.3 Å². The molecule has 1 saturated heterocycles. The van der Waals surface area contributed by atoms with E-state index >= 15 is 0 Å². The quantitative estimate of drug-likeness (QED) is 0.369. The van der Waals surface area contributed by atoms with Gasteiger partial charge in [-0.2, -0.15) is 0 Å². The number of rotatable bonds is 7. The van der Waals surface area contributed by atoms with Gasteiger partial charge in [0.2, 0.25) is 0 Å². The summed E-state index contributed by atoms with van der Waals surface area (Å²) in [5, 5.41) is 0.212. The highest BCUT2D eigenvalue weighted by atomic mass is 32.1. The number of carbonyl (C=O) groups is 2. The molecular formula is C22H21FN2O5S. The minimum Gasteiger partial charge on any atom is -0.493 e. The second kappa shape index (κ2) is 9.57. The van der Waals surface area contributed by atoms with Gasteiger partial charge in [0.05, 0.1) is 14.2 Å². The van der Waals surface area contributed by atoms with Gasteiger partial charge >= 0.3 is 5.97 Å². The van der Waals surface area contributed by atoms with E-state index in [-0.39, 0.29) is 35.7 Å². The maximum absolute atomic E-state index is 13.3. The lowest BCUT2D eigenvalue weighted by Gasteiger charge is -2.17. The molecule has 2 aromatic carbocycles. The van der Waals surface area contributed by atoms with Crippen LogP contribution in [0.4, 0.5) is 4.39 Å². The molecule has 2 aromatic rings. The molecule has 9 heteroatoms. The monoisotopic (exact) mass is 444 g/mol. The summed E-state index contributed by atoms with van der Waals surface area (Å²) in [5.74, 6) is -0.289. The number of hydrogen-bond donors (Lipinski definition) is 0. The number of hydrogen-bond acceptors (Lipinski definition) is 6. The summed E-state index contributed by atoms with van der Waals surface area (Å²) in [6.45, 7) is -0.0117. The highest BCUT2D eigenvalue weighted by Crippen LogP contribution is 2.31. The molecule has 3 rings (SSSR count). The average Bonchev–Trinajstić information content (AvgIpc) is 2.96. The first-order chi connectivity index (χ1) is 14.8. The molecule has 0 saturated carbocycles. The van der Waals surface area contributed by atoms with E-state index in [1.165, 1.54) is 36.2 Å². The number of methoxy groups -OCH3 is 2. The largest absolute Gasteiger partial charge is 0.493 e. The number of esters is 1. The van der Waals surface area contributed by atoms with E-state index in [1.807, 2.05) is 0 Å². The van der Waals surface area contributed by atoms with Crippen molar-refractivity contribution in [3.05, 3.63) is 65.1 Å². The van der Waals surface area contributed by atoms with Crippen molar-refractivity contribution in [1.29, 1.82) is 0 Å². The molecule has 1 fully saturated rings. The van der Waals surface area contributed by atoms with Crippen molar-refractivity contribution in [1.82, 2.24) is 9.80 Å². The fourth-order valence-corrected chi connectivity index (χ4v) is 3.23. The Morgan fingerprint density at radius 1 is 1.16 bits per heavy atom. The molecule has 162 valence electrons. The second-order valence-electron chi connectivity index (χ2n) is 6.67. The molecule has 31 heavy (non-hydrogen) atoms. The summed E-state index contributed by atoms with van der Waals surface area (Å²) >= 11 is 5.27. The van der Waals surface area contributed by atoms with Crippen LogP contribution in [0.1, 0.15) is 11.1 Å². The van der Waals surface area contributed by atoms with E-state index in [1.54, 1.807) is 43.5 Å². The summed E-state index contributed by atoms with van der Waals surface area (Å²) in [5.41, 5.74) is 1.57. The minimum atomic E-state index is -0.518. The Hall–Kier alpha value is -3.46. The number of likely N-dealkylation sites (N-methyl/N-ethyl adjacent to an activating group) is 1. The van der Waals surface area contributed by atoms with E-state index in [9.17, 15) is 14.0 Å². The molecule has 0 aliphatic carbocycles. The summed E-state index contributed by atoms with van der Waals surface area (Å²) in [7, 11) is 4.30. The van der Waals surface area contributed by atoms with E-state index in [0.29, 0.717) is 22.6 Å². The van der Waals surface area contributed by atoms with Gasteiger partial charge in [-0.1, -0.05) is 18.2 Å². The van der Waals surface area contributed by atoms with Gasteiger partial charge in [-0.05, 0) is 53.7 Å². The van der Waals surface area contributed by atoms with E-state index in [0.717, 1.165) is 0 Å². The molecular weight excluding hydrogens is 423 g/mol. The second-order valence-corrected chi connectivity index (χ2v) is 7.03. The standard InChI is InChI=1S/C22H21FN2O5S/c1-24-21(27)17(25(22(24)31)12-20(26)29-3)10-14-7-8-18(19(11-14)28-2)30-13-15-5-4-6-16(23)9-15/h4-11H,12-13H2,1-3H3/b17-10-. The number of thiocarbonyl (C=S) groups is 1. The molecule has 0 atom stereocenters. The third kappa shape index (κ3) is 5.00. The minimum absolute atomic E-state index is 0.166. The van der Waals surface area contributed by atoms with Crippen molar-refractivity contribution < 1.29 is 28.2 Å². The van der Waals surface area contributed by atoms with Crippen molar-refractivity contribution in [2.75, 3.05) is 27.8 Å². The van der Waals surface area contributed by atoms with Crippen LogP contribution in [0.25, 0.3) is 6.08 Å². The van der Waals surface area contributed by atoms with Crippen LogP contribution in [-0.4, -0.2) is 54.6 Å². The van der Waals surface area contributed by atoms with E-state index < -0.39 is 5.97 Å². The van der Waals surface area contributed by atoms with Crippen LogP contribution in [0.3, 0.4) is 0 Å². The molecule has 1 aliphatic rings. The first-order valence-corrected chi connectivity index (χ1v) is 9.68. The van der Waals surface area contributed by atoms with Gasteiger partial charge in [0.15, 0.2) is 16.6 Å². The van der Waals surface area contributed by atoms with Gasteiger partial charge < -0.3 is 19.1 Å². The molecule has 0 aromatic heterocycles. The Bertz CT molecular complexity index is 1060. The Morgan fingerprint density at radius 3 is 2.61 bits per heavy atom. The van der Waals surface area contributed by atoms with Crippen molar-refractivity contribution >= 4 is 35.3 Å². The van der Waals surface area contributed by atoms with Gasteiger partial charge in [-0.25, -0.2) is 4.39 Å². The zero-order valence-corrected chi connectivity index (χ0v) is 18.1. The average molecular weight is 444 g/mol.